The fourth-order valence-corrected chi connectivity index (χ4v) is 2.49. The van der Waals surface area contributed by atoms with Gasteiger partial charge in [-0.1, -0.05) is 30.3 Å². The van der Waals surface area contributed by atoms with E-state index >= 15 is 0 Å². The van der Waals surface area contributed by atoms with Crippen molar-refractivity contribution in [3.05, 3.63) is 35.9 Å². The van der Waals surface area contributed by atoms with Gasteiger partial charge in [0.2, 0.25) is 5.91 Å². The molecule has 4 nitrogen and oxygen atoms in total. The van der Waals surface area contributed by atoms with Crippen molar-refractivity contribution < 1.29 is 9.00 Å². The molecular weight excluding hydrogens is 248 g/mol. The zero-order chi connectivity index (χ0) is 13.5. The maximum atomic E-state index is 11.8. The molecule has 100 valence electrons. The third-order valence-corrected chi connectivity index (χ3v) is 3.48. The zero-order valence-electron chi connectivity index (χ0n) is 10.8. The summed E-state index contributed by atoms with van der Waals surface area (Å²) < 4.78 is 11.0. The Morgan fingerprint density at radius 3 is 2.56 bits per heavy atom. The molecular formula is C13H20N2O2S. The molecule has 0 saturated heterocycles. The van der Waals surface area contributed by atoms with E-state index in [4.69, 9.17) is 5.73 Å². The van der Waals surface area contributed by atoms with E-state index in [0.717, 1.165) is 5.56 Å². The van der Waals surface area contributed by atoms with Crippen molar-refractivity contribution >= 4 is 16.7 Å². The van der Waals surface area contributed by atoms with Gasteiger partial charge < -0.3 is 11.1 Å². The van der Waals surface area contributed by atoms with Crippen molar-refractivity contribution in [1.29, 1.82) is 0 Å². The minimum Gasteiger partial charge on any atom is -0.351 e. The van der Waals surface area contributed by atoms with Crippen LogP contribution in [0.25, 0.3) is 0 Å². The van der Waals surface area contributed by atoms with E-state index in [1.165, 1.54) is 0 Å². The number of carbonyl (C=O) groups excluding carboxylic acids is 1. The molecule has 1 rings (SSSR count). The molecule has 5 heteroatoms. The van der Waals surface area contributed by atoms with Crippen molar-refractivity contribution in [1.82, 2.24) is 5.32 Å². The van der Waals surface area contributed by atoms with Crippen LogP contribution >= 0.6 is 0 Å². The first-order valence-corrected chi connectivity index (χ1v) is 7.61. The van der Waals surface area contributed by atoms with Crippen LogP contribution in [-0.4, -0.2) is 34.2 Å². The minimum atomic E-state index is -0.919. The van der Waals surface area contributed by atoms with Gasteiger partial charge in [0.1, 0.15) is 0 Å². The third kappa shape index (κ3) is 5.42. The Bertz CT molecular complexity index is 409. The molecule has 0 aromatic heterocycles. The largest absolute Gasteiger partial charge is 0.351 e. The monoisotopic (exact) mass is 268 g/mol. The van der Waals surface area contributed by atoms with Crippen molar-refractivity contribution in [2.45, 2.75) is 25.4 Å². The minimum absolute atomic E-state index is 0.120. The first-order chi connectivity index (χ1) is 8.49. The number of amides is 1. The van der Waals surface area contributed by atoms with Crippen molar-refractivity contribution in [2.24, 2.45) is 5.73 Å². The second-order valence-electron chi connectivity index (χ2n) is 4.45. The first kappa shape index (κ1) is 14.9. The SMILES string of the molecule is CC(CS(C)=O)NC(=O)[C@@H](N)Cc1ccccc1. The fraction of sp³-hybridized carbons (Fsp3) is 0.462. The summed E-state index contributed by atoms with van der Waals surface area (Å²) in [5.74, 6) is 0.251. The molecule has 0 bridgehead atoms. The predicted molar refractivity (Wildman–Crippen MR) is 74.7 cm³/mol. The highest BCUT2D eigenvalue weighted by Crippen LogP contribution is 2.02. The Morgan fingerprint density at radius 2 is 2.00 bits per heavy atom. The summed E-state index contributed by atoms with van der Waals surface area (Å²) in [7, 11) is -0.919. The highest BCUT2D eigenvalue weighted by molar-refractivity contribution is 7.84. The van der Waals surface area contributed by atoms with Crippen LogP contribution in [0.2, 0.25) is 0 Å². The molecule has 0 saturated carbocycles. The maximum Gasteiger partial charge on any atom is 0.237 e. The molecule has 0 aliphatic heterocycles. The molecule has 1 aromatic carbocycles. The Morgan fingerprint density at radius 1 is 1.39 bits per heavy atom. The first-order valence-electron chi connectivity index (χ1n) is 5.89. The summed E-state index contributed by atoms with van der Waals surface area (Å²) in [6.45, 7) is 1.83. The quantitative estimate of drug-likeness (QED) is 0.786. The van der Waals surface area contributed by atoms with Crippen LogP contribution in [0.4, 0.5) is 0 Å². The lowest BCUT2D eigenvalue weighted by Crippen LogP contribution is -2.46. The Hall–Kier alpha value is -1.20. The standard InChI is InChI=1S/C13H20N2O2S/c1-10(9-18(2)17)15-13(16)12(14)8-11-6-4-3-5-7-11/h3-7,10,12H,8-9,14H2,1-2H3,(H,15,16)/t10?,12-,18?/m0/s1. The molecule has 0 spiro atoms. The molecule has 1 aromatic rings. The molecule has 0 aliphatic carbocycles. The number of hydrogen-bond donors (Lipinski definition) is 2. The average molecular weight is 268 g/mol. The molecule has 0 aliphatic rings. The van der Waals surface area contributed by atoms with Gasteiger partial charge >= 0.3 is 0 Å². The lowest BCUT2D eigenvalue weighted by Gasteiger charge is -2.16. The van der Waals surface area contributed by atoms with E-state index in [9.17, 15) is 9.00 Å². The summed E-state index contributed by atoms with van der Waals surface area (Å²) in [4.78, 5) is 11.8. The van der Waals surface area contributed by atoms with Crippen LogP contribution < -0.4 is 11.1 Å². The number of nitrogens with two attached hydrogens (primary N) is 1. The van der Waals surface area contributed by atoms with E-state index in [1.807, 2.05) is 37.3 Å². The Labute approximate surface area is 110 Å². The lowest BCUT2D eigenvalue weighted by molar-refractivity contribution is -0.122. The maximum absolute atomic E-state index is 11.8. The van der Waals surface area contributed by atoms with Crippen LogP contribution in [0, 0.1) is 0 Å². The van der Waals surface area contributed by atoms with Gasteiger partial charge in [-0.25, -0.2) is 0 Å². The van der Waals surface area contributed by atoms with Gasteiger partial charge in [0.25, 0.3) is 0 Å². The average Bonchev–Trinajstić information content (AvgIpc) is 2.28. The van der Waals surface area contributed by atoms with Crippen LogP contribution in [0.15, 0.2) is 30.3 Å². The molecule has 3 atom stereocenters. The van der Waals surface area contributed by atoms with Gasteiger partial charge in [-0.2, -0.15) is 0 Å². The molecule has 18 heavy (non-hydrogen) atoms. The van der Waals surface area contributed by atoms with Gasteiger partial charge in [-0.15, -0.1) is 0 Å². The van der Waals surface area contributed by atoms with Crippen LogP contribution in [0.1, 0.15) is 12.5 Å². The molecule has 3 N–H and O–H groups in total. The third-order valence-electron chi connectivity index (χ3n) is 2.51. The molecule has 0 heterocycles. The lowest BCUT2D eigenvalue weighted by atomic mass is 10.1. The van der Waals surface area contributed by atoms with Gasteiger partial charge in [0, 0.05) is 28.9 Å². The normalized spacial score (nSPS) is 15.7. The number of benzene rings is 1. The van der Waals surface area contributed by atoms with Crippen molar-refractivity contribution in [3.8, 4) is 0 Å². The number of hydrogen-bond acceptors (Lipinski definition) is 3. The highest BCUT2D eigenvalue weighted by atomic mass is 32.2. The van der Waals surface area contributed by atoms with Crippen molar-refractivity contribution in [2.75, 3.05) is 12.0 Å². The summed E-state index contributed by atoms with van der Waals surface area (Å²) in [5.41, 5.74) is 6.87. The summed E-state index contributed by atoms with van der Waals surface area (Å²) >= 11 is 0. The van der Waals surface area contributed by atoms with Gasteiger partial charge in [-0.3, -0.25) is 9.00 Å². The number of nitrogens with one attached hydrogen (secondary N) is 1. The van der Waals surface area contributed by atoms with E-state index in [2.05, 4.69) is 5.32 Å². The zero-order valence-corrected chi connectivity index (χ0v) is 11.6. The van der Waals surface area contributed by atoms with Gasteiger partial charge in [-0.05, 0) is 18.9 Å². The molecule has 0 fully saturated rings. The van der Waals surface area contributed by atoms with Crippen molar-refractivity contribution in [3.63, 3.8) is 0 Å². The smallest absolute Gasteiger partial charge is 0.237 e. The second kappa shape index (κ2) is 7.28. The second-order valence-corrected chi connectivity index (χ2v) is 5.93. The Balaban J connectivity index is 2.44. The van der Waals surface area contributed by atoms with Crippen LogP contribution in [0.3, 0.4) is 0 Å². The molecule has 1 amide bonds. The fourth-order valence-electron chi connectivity index (χ4n) is 1.70. The van der Waals surface area contributed by atoms with Crippen LogP contribution in [0.5, 0.6) is 0 Å². The Kier molecular flexibility index (Phi) is 6.01. The van der Waals surface area contributed by atoms with Crippen LogP contribution in [-0.2, 0) is 22.0 Å². The summed E-state index contributed by atoms with van der Waals surface area (Å²) in [6, 6.07) is 8.96. The number of carbonyl (C=O) groups is 1. The van der Waals surface area contributed by atoms with E-state index in [0.29, 0.717) is 12.2 Å². The van der Waals surface area contributed by atoms with E-state index in [1.54, 1.807) is 6.26 Å². The number of rotatable bonds is 6. The van der Waals surface area contributed by atoms with E-state index < -0.39 is 16.8 Å². The molecule has 0 radical (unpaired) electrons. The van der Waals surface area contributed by atoms with E-state index in [-0.39, 0.29) is 11.9 Å². The topological polar surface area (TPSA) is 72.2 Å². The van der Waals surface area contributed by atoms with Gasteiger partial charge in [0.15, 0.2) is 0 Å². The highest BCUT2D eigenvalue weighted by Gasteiger charge is 2.16. The summed E-state index contributed by atoms with van der Waals surface area (Å²) in [5, 5.41) is 2.77. The summed E-state index contributed by atoms with van der Waals surface area (Å²) in [6.07, 6.45) is 2.13. The predicted octanol–water partition coefficient (Wildman–Crippen LogP) is 0.440. The molecule has 2 unspecified atom stereocenters. The van der Waals surface area contributed by atoms with Gasteiger partial charge in [0.05, 0.1) is 6.04 Å².